The molecule has 0 spiro atoms. The van der Waals surface area contributed by atoms with Gasteiger partial charge in [0, 0.05) is 26.2 Å². The summed E-state index contributed by atoms with van der Waals surface area (Å²) in [5.41, 5.74) is 1.36. The van der Waals surface area contributed by atoms with Gasteiger partial charge in [-0.3, -0.25) is 0 Å². The second kappa shape index (κ2) is 7.38. The molecule has 110 valence electrons. The van der Waals surface area contributed by atoms with Crippen LogP contribution in [-0.4, -0.2) is 45.4 Å². The highest BCUT2D eigenvalue weighted by Gasteiger charge is 2.22. The van der Waals surface area contributed by atoms with E-state index in [1.807, 2.05) is 0 Å². The highest BCUT2D eigenvalue weighted by atomic mass is 32.2. The predicted octanol–water partition coefficient (Wildman–Crippen LogP) is 1.01. The molecule has 2 rings (SSSR count). The first-order chi connectivity index (χ1) is 9.18. The van der Waals surface area contributed by atoms with E-state index in [2.05, 4.69) is 16.1 Å². The van der Waals surface area contributed by atoms with Crippen LogP contribution in [0, 0.1) is 0 Å². The summed E-state index contributed by atoms with van der Waals surface area (Å²) in [4.78, 5) is 0. The molecule has 0 atom stereocenters. The van der Waals surface area contributed by atoms with Gasteiger partial charge in [0.05, 0.1) is 0 Å². The average Bonchev–Trinajstić information content (AvgIpc) is 2.69. The van der Waals surface area contributed by atoms with Crippen molar-refractivity contribution >= 4 is 10.2 Å². The molecule has 0 aromatic carbocycles. The Morgan fingerprint density at radius 3 is 2.58 bits per heavy atom. The Balaban J connectivity index is 1.78. The molecule has 1 fully saturated rings. The van der Waals surface area contributed by atoms with Gasteiger partial charge in [0.25, 0.3) is 10.2 Å². The zero-order valence-corrected chi connectivity index (χ0v) is 12.3. The van der Waals surface area contributed by atoms with Crippen molar-refractivity contribution in [3.8, 4) is 0 Å². The lowest BCUT2D eigenvalue weighted by molar-refractivity contribution is 0.415. The lowest BCUT2D eigenvalue weighted by atomic mass is 10.1. The predicted molar refractivity (Wildman–Crippen MR) is 77.2 cm³/mol. The van der Waals surface area contributed by atoms with Crippen LogP contribution in [0.3, 0.4) is 0 Å². The molecular weight excluding hydrogens is 262 g/mol. The van der Waals surface area contributed by atoms with Crippen molar-refractivity contribution in [2.75, 3.05) is 32.7 Å². The third kappa shape index (κ3) is 4.87. The van der Waals surface area contributed by atoms with E-state index in [9.17, 15) is 8.42 Å². The van der Waals surface area contributed by atoms with Crippen molar-refractivity contribution in [1.29, 1.82) is 0 Å². The first-order valence-corrected chi connectivity index (χ1v) is 8.76. The maximum atomic E-state index is 12.2. The maximum absolute atomic E-state index is 12.2. The van der Waals surface area contributed by atoms with Crippen LogP contribution in [-0.2, 0) is 10.2 Å². The fraction of sp³-hybridized carbons (Fsp3) is 0.846. The molecule has 2 N–H and O–H groups in total. The molecule has 0 aromatic rings. The lowest BCUT2D eigenvalue weighted by Crippen LogP contribution is -2.41. The zero-order valence-electron chi connectivity index (χ0n) is 11.5. The van der Waals surface area contributed by atoms with E-state index in [0.717, 1.165) is 51.6 Å². The van der Waals surface area contributed by atoms with Gasteiger partial charge in [0.1, 0.15) is 0 Å². The zero-order chi connectivity index (χ0) is 13.6. The minimum absolute atomic E-state index is 0.519. The Hall–Kier alpha value is -0.430. The van der Waals surface area contributed by atoms with Gasteiger partial charge in [0.2, 0.25) is 0 Å². The first kappa shape index (κ1) is 15.0. The van der Waals surface area contributed by atoms with Gasteiger partial charge in [-0.05, 0) is 32.2 Å². The molecule has 5 nitrogen and oxygen atoms in total. The quantitative estimate of drug-likeness (QED) is 0.742. The summed E-state index contributed by atoms with van der Waals surface area (Å²) in [7, 11) is -3.27. The number of rotatable bonds is 5. The SMILES string of the molecule is O=S(=O)(NCCC1=CCNCC1)N1CCCCCC1. The third-order valence-electron chi connectivity index (χ3n) is 3.79. The summed E-state index contributed by atoms with van der Waals surface area (Å²) in [5, 5.41) is 3.26. The Kier molecular flexibility index (Phi) is 5.81. The summed E-state index contributed by atoms with van der Waals surface area (Å²) in [6.45, 7) is 3.77. The fourth-order valence-electron chi connectivity index (χ4n) is 2.61. The largest absolute Gasteiger partial charge is 0.313 e. The van der Waals surface area contributed by atoms with Gasteiger partial charge in [-0.1, -0.05) is 24.5 Å². The molecule has 0 amide bonds. The summed E-state index contributed by atoms with van der Waals surface area (Å²) < 4.78 is 28.7. The van der Waals surface area contributed by atoms with E-state index in [-0.39, 0.29) is 0 Å². The number of hydrogen-bond donors (Lipinski definition) is 2. The van der Waals surface area contributed by atoms with Gasteiger partial charge in [-0.2, -0.15) is 12.7 Å². The standard InChI is InChI=1S/C13H25N3O2S/c17-19(18,16-11-3-1-2-4-12-16)15-10-7-13-5-8-14-9-6-13/h5,14-15H,1-4,6-12H2. The molecule has 2 aliphatic rings. The minimum atomic E-state index is -3.27. The van der Waals surface area contributed by atoms with Crippen molar-refractivity contribution in [3.05, 3.63) is 11.6 Å². The van der Waals surface area contributed by atoms with Gasteiger partial charge in [-0.15, -0.1) is 0 Å². The fourth-order valence-corrected chi connectivity index (χ4v) is 3.89. The highest BCUT2D eigenvalue weighted by Crippen LogP contribution is 2.13. The normalized spacial score (nSPS) is 22.8. The number of nitrogens with one attached hydrogen (secondary N) is 2. The van der Waals surface area contributed by atoms with Crippen LogP contribution < -0.4 is 10.0 Å². The number of nitrogens with zero attached hydrogens (tertiary/aromatic N) is 1. The summed E-state index contributed by atoms with van der Waals surface area (Å²) >= 11 is 0. The van der Waals surface area contributed by atoms with Gasteiger partial charge in [-0.25, -0.2) is 4.72 Å². The summed E-state index contributed by atoms with van der Waals surface area (Å²) in [6, 6.07) is 0. The van der Waals surface area contributed by atoms with Gasteiger partial charge < -0.3 is 5.32 Å². The van der Waals surface area contributed by atoms with E-state index in [1.54, 1.807) is 4.31 Å². The molecule has 1 saturated heterocycles. The second-order valence-corrected chi connectivity index (χ2v) is 7.03. The van der Waals surface area contributed by atoms with Crippen LogP contribution in [0.2, 0.25) is 0 Å². The topological polar surface area (TPSA) is 61.4 Å². The van der Waals surface area contributed by atoms with E-state index >= 15 is 0 Å². The smallest absolute Gasteiger partial charge is 0.279 e. The highest BCUT2D eigenvalue weighted by molar-refractivity contribution is 7.87. The minimum Gasteiger partial charge on any atom is -0.313 e. The lowest BCUT2D eigenvalue weighted by Gasteiger charge is -2.21. The molecular formula is C13H25N3O2S. The molecule has 2 aliphatic heterocycles. The van der Waals surface area contributed by atoms with Crippen molar-refractivity contribution < 1.29 is 8.42 Å². The summed E-state index contributed by atoms with van der Waals surface area (Å²) in [5.74, 6) is 0. The molecule has 0 aromatic heterocycles. The van der Waals surface area contributed by atoms with E-state index in [4.69, 9.17) is 0 Å². The van der Waals surface area contributed by atoms with Gasteiger partial charge >= 0.3 is 0 Å². The van der Waals surface area contributed by atoms with Crippen LogP contribution >= 0.6 is 0 Å². The van der Waals surface area contributed by atoms with E-state index in [0.29, 0.717) is 19.6 Å². The second-order valence-electron chi connectivity index (χ2n) is 5.28. The van der Waals surface area contributed by atoms with E-state index in [1.165, 1.54) is 5.57 Å². The van der Waals surface area contributed by atoms with Gasteiger partial charge in [0.15, 0.2) is 0 Å². The molecule has 19 heavy (non-hydrogen) atoms. The molecule has 0 unspecified atom stereocenters. The third-order valence-corrected chi connectivity index (χ3v) is 5.41. The Bertz CT molecular complexity index is 398. The summed E-state index contributed by atoms with van der Waals surface area (Å²) in [6.07, 6.45) is 8.29. The first-order valence-electron chi connectivity index (χ1n) is 7.32. The van der Waals surface area contributed by atoms with Crippen LogP contribution in [0.1, 0.15) is 38.5 Å². The van der Waals surface area contributed by atoms with Crippen LogP contribution in [0.4, 0.5) is 0 Å². The van der Waals surface area contributed by atoms with Crippen molar-refractivity contribution in [3.63, 3.8) is 0 Å². The van der Waals surface area contributed by atoms with Crippen molar-refractivity contribution in [1.82, 2.24) is 14.3 Å². The average molecular weight is 287 g/mol. The Morgan fingerprint density at radius 2 is 1.95 bits per heavy atom. The van der Waals surface area contributed by atoms with Crippen molar-refractivity contribution in [2.45, 2.75) is 38.5 Å². The van der Waals surface area contributed by atoms with Crippen molar-refractivity contribution in [2.24, 2.45) is 0 Å². The van der Waals surface area contributed by atoms with Crippen LogP contribution in [0.25, 0.3) is 0 Å². The van der Waals surface area contributed by atoms with E-state index < -0.39 is 10.2 Å². The molecule has 0 saturated carbocycles. The number of hydrogen-bond acceptors (Lipinski definition) is 3. The molecule has 0 radical (unpaired) electrons. The molecule has 0 bridgehead atoms. The Labute approximate surface area is 116 Å². The monoisotopic (exact) mass is 287 g/mol. The van der Waals surface area contributed by atoms with Crippen LogP contribution in [0.5, 0.6) is 0 Å². The maximum Gasteiger partial charge on any atom is 0.279 e. The van der Waals surface area contributed by atoms with Crippen LogP contribution in [0.15, 0.2) is 11.6 Å². The molecule has 0 aliphatic carbocycles. The Morgan fingerprint density at radius 1 is 1.21 bits per heavy atom. The molecule has 6 heteroatoms. The molecule has 2 heterocycles.